The van der Waals surface area contributed by atoms with Crippen molar-refractivity contribution in [2.45, 2.75) is 24.9 Å². The predicted molar refractivity (Wildman–Crippen MR) is 104 cm³/mol. The Hall–Kier alpha value is -2.73. The molecule has 0 radical (unpaired) electrons. The van der Waals surface area contributed by atoms with Crippen LogP contribution in [0.1, 0.15) is 23.6 Å². The van der Waals surface area contributed by atoms with Gasteiger partial charge in [-0.25, -0.2) is 4.79 Å². The molecule has 1 aromatic heterocycles. The van der Waals surface area contributed by atoms with E-state index in [1.165, 1.54) is 18.7 Å². The topological polar surface area (TPSA) is 59.8 Å². The molecule has 2 atom stereocenters. The summed E-state index contributed by atoms with van der Waals surface area (Å²) in [5, 5.41) is 1.86. The van der Waals surface area contributed by atoms with Crippen LogP contribution in [0.4, 0.5) is 0 Å². The summed E-state index contributed by atoms with van der Waals surface area (Å²) >= 11 is 1.51. The van der Waals surface area contributed by atoms with E-state index in [4.69, 9.17) is 9.15 Å². The zero-order valence-electron chi connectivity index (χ0n) is 14.8. The van der Waals surface area contributed by atoms with E-state index in [0.717, 1.165) is 16.3 Å². The summed E-state index contributed by atoms with van der Waals surface area (Å²) in [6.07, 6.45) is 1.57. The van der Waals surface area contributed by atoms with E-state index in [1.54, 1.807) is 17.2 Å². The summed E-state index contributed by atoms with van der Waals surface area (Å²) in [7, 11) is 0. The zero-order chi connectivity index (χ0) is 18.8. The number of ether oxygens (including phenoxy) is 1. The Morgan fingerprint density at radius 1 is 1.15 bits per heavy atom. The number of rotatable bonds is 4. The molecule has 2 heterocycles. The van der Waals surface area contributed by atoms with Crippen LogP contribution >= 0.6 is 11.8 Å². The highest BCUT2D eigenvalue weighted by Gasteiger charge is 2.43. The standard InChI is InChI=1S/C21H19NO4S/c1-14(23)22-18(13-27-20(22)19-10-5-11-25-19)21(24)26-12-16-8-4-7-15-6-2-3-9-17(15)16/h2-11,18,20H,12-13H2,1H3/t18-,20-/m0/s1. The molecule has 0 aliphatic carbocycles. The number of carbonyl (C=O) groups is 2. The van der Waals surface area contributed by atoms with Crippen LogP contribution in [0.5, 0.6) is 0 Å². The highest BCUT2D eigenvalue weighted by atomic mass is 32.2. The van der Waals surface area contributed by atoms with Crippen molar-refractivity contribution in [1.82, 2.24) is 4.90 Å². The first-order valence-corrected chi connectivity index (χ1v) is 9.77. The summed E-state index contributed by atoms with van der Waals surface area (Å²) in [5.41, 5.74) is 0.948. The van der Waals surface area contributed by atoms with Gasteiger partial charge >= 0.3 is 5.97 Å². The van der Waals surface area contributed by atoms with E-state index in [-0.39, 0.29) is 23.9 Å². The number of carbonyl (C=O) groups excluding carboxylic acids is 2. The number of nitrogens with zero attached hydrogens (tertiary/aromatic N) is 1. The third-order valence-corrected chi connectivity index (χ3v) is 5.96. The molecule has 5 nitrogen and oxygen atoms in total. The van der Waals surface area contributed by atoms with Gasteiger partial charge in [-0.2, -0.15) is 0 Å². The van der Waals surface area contributed by atoms with Crippen LogP contribution in [0.3, 0.4) is 0 Å². The predicted octanol–water partition coefficient (Wildman–Crippen LogP) is 4.14. The number of furan rings is 1. The Morgan fingerprint density at radius 2 is 1.96 bits per heavy atom. The van der Waals surface area contributed by atoms with E-state index in [9.17, 15) is 9.59 Å². The molecule has 1 aliphatic heterocycles. The molecule has 2 aromatic carbocycles. The van der Waals surface area contributed by atoms with Crippen molar-refractivity contribution in [3.8, 4) is 0 Å². The highest BCUT2D eigenvalue weighted by Crippen LogP contribution is 2.41. The van der Waals surface area contributed by atoms with Crippen LogP contribution < -0.4 is 0 Å². The van der Waals surface area contributed by atoms with Gasteiger partial charge in [-0.05, 0) is 28.5 Å². The molecule has 1 aliphatic rings. The van der Waals surface area contributed by atoms with Crippen molar-refractivity contribution in [2.24, 2.45) is 0 Å². The van der Waals surface area contributed by atoms with Gasteiger partial charge in [0.2, 0.25) is 5.91 Å². The van der Waals surface area contributed by atoms with Crippen LogP contribution in [-0.2, 0) is 20.9 Å². The molecule has 27 heavy (non-hydrogen) atoms. The van der Waals surface area contributed by atoms with Gasteiger partial charge in [0, 0.05) is 12.7 Å². The quantitative estimate of drug-likeness (QED) is 0.636. The van der Waals surface area contributed by atoms with Gasteiger partial charge in [0.05, 0.1) is 6.26 Å². The van der Waals surface area contributed by atoms with Crippen molar-refractivity contribution >= 4 is 34.4 Å². The van der Waals surface area contributed by atoms with Crippen LogP contribution in [0, 0.1) is 0 Å². The van der Waals surface area contributed by atoms with Crippen molar-refractivity contribution in [3.63, 3.8) is 0 Å². The third-order valence-electron chi connectivity index (χ3n) is 4.67. The van der Waals surface area contributed by atoms with Gasteiger partial charge in [0.1, 0.15) is 23.8 Å². The first-order valence-electron chi connectivity index (χ1n) is 8.72. The number of fused-ring (bicyclic) bond motifs is 1. The Bertz CT molecular complexity index is 964. The molecule has 0 saturated carbocycles. The van der Waals surface area contributed by atoms with Gasteiger partial charge in [0.15, 0.2) is 0 Å². The van der Waals surface area contributed by atoms with Crippen molar-refractivity contribution in [2.75, 3.05) is 5.75 Å². The lowest BCUT2D eigenvalue weighted by Crippen LogP contribution is -2.42. The number of amides is 1. The lowest BCUT2D eigenvalue weighted by molar-refractivity contribution is -0.154. The molecule has 1 saturated heterocycles. The van der Waals surface area contributed by atoms with Crippen LogP contribution in [-0.4, -0.2) is 28.6 Å². The van der Waals surface area contributed by atoms with Gasteiger partial charge < -0.3 is 14.1 Å². The van der Waals surface area contributed by atoms with Crippen LogP contribution in [0.25, 0.3) is 10.8 Å². The largest absolute Gasteiger partial charge is 0.466 e. The van der Waals surface area contributed by atoms with Crippen LogP contribution in [0.15, 0.2) is 65.3 Å². The zero-order valence-corrected chi connectivity index (χ0v) is 15.6. The van der Waals surface area contributed by atoms with Gasteiger partial charge in [-0.1, -0.05) is 42.5 Å². The SMILES string of the molecule is CC(=O)N1[C@H](C(=O)OCc2cccc3ccccc23)CS[C@H]1c1ccco1. The van der Waals surface area contributed by atoms with Crippen molar-refractivity contribution < 1.29 is 18.7 Å². The molecular formula is C21H19NO4S. The third kappa shape index (κ3) is 3.45. The van der Waals surface area contributed by atoms with E-state index in [1.807, 2.05) is 48.5 Å². The average Bonchev–Trinajstić information content (AvgIpc) is 3.35. The molecule has 1 fully saturated rings. The first kappa shape index (κ1) is 17.7. The molecule has 0 unspecified atom stereocenters. The van der Waals surface area contributed by atoms with E-state index >= 15 is 0 Å². The van der Waals surface area contributed by atoms with Crippen molar-refractivity contribution in [3.05, 3.63) is 72.2 Å². The maximum absolute atomic E-state index is 12.7. The summed E-state index contributed by atoms with van der Waals surface area (Å²) in [6.45, 7) is 1.64. The minimum absolute atomic E-state index is 0.173. The van der Waals surface area contributed by atoms with Gasteiger partial charge in [-0.3, -0.25) is 4.79 Å². The Kier molecular flexibility index (Phi) is 4.90. The summed E-state index contributed by atoms with van der Waals surface area (Å²) in [4.78, 5) is 26.5. The summed E-state index contributed by atoms with van der Waals surface area (Å²) in [5.74, 6) is 0.590. The lowest BCUT2D eigenvalue weighted by Gasteiger charge is -2.25. The molecule has 0 bridgehead atoms. The first-order chi connectivity index (χ1) is 13.1. The Morgan fingerprint density at radius 3 is 2.74 bits per heavy atom. The Labute approximate surface area is 161 Å². The second-order valence-corrected chi connectivity index (χ2v) is 7.50. The number of benzene rings is 2. The number of esters is 1. The number of hydrogen-bond donors (Lipinski definition) is 0. The molecule has 6 heteroatoms. The van der Waals surface area contributed by atoms with Gasteiger partial charge in [0.25, 0.3) is 0 Å². The Balaban J connectivity index is 1.50. The fourth-order valence-corrected chi connectivity index (χ4v) is 4.80. The second-order valence-electron chi connectivity index (χ2n) is 6.39. The molecule has 0 spiro atoms. The normalized spacial score (nSPS) is 19.4. The summed E-state index contributed by atoms with van der Waals surface area (Å²) in [6, 6.07) is 16.9. The van der Waals surface area contributed by atoms with Crippen molar-refractivity contribution in [1.29, 1.82) is 0 Å². The van der Waals surface area contributed by atoms with E-state index in [0.29, 0.717) is 11.5 Å². The summed E-state index contributed by atoms with van der Waals surface area (Å²) < 4.78 is 11.0. The minimum Gasteiger partial charge on any atom is -0.466 e. The molecule has 3 aromatic rings. The maximum Gasteiger partial charge on any atom is 0.330 e. The molecule has 0 N–H and O–H groups in total. The molecular weight excluding hydrogens is 362 g/mol. The minimum atomic E-state index is -0.613. The number of thioether (sulfide) groups is 1. The average molecular weight is 381 g/mol. The van der Waals surface area contributed by atoms with Gasteiger partial charge in [-0.15, -0.1) is 11.8 Å². The fourth-order valence-electron chi connectivity index (χ4n) is 3.39. The fraction of sp³-hybridized carbons (Fsp3) is 0.238. The monoisotopic (exact) mass is 381 g/mol. The number of hydrogen-bond acceptors (Lipinski definition) is 5. The maximum atomic E-state index is 12.7. The highest BCUT2D eigenvalue weighted by molar-refractivity contribution is 7.99. The molecule has 4 rings (SSSR count). The smallest absolute Gasteiger partial charge is 0.330 e. The molecule has 1 amide bonds. The van der Waals surface area contributed by atoms with E-state index < -0.39 is 6.04 Å². The lowest BCUT2D eigenvalue weighted by atomic mass is 10.1. The van der Waals surface area contributed by atoms with E-state index in [2.05, 4.69) is 0 Å². The molecule has 138 valence electrons. The second kappa shape index (κ2) is 7.48. The van der Waals surface area contributed by atoms with Crippen LogP contribution in [0.2, 0.25) is 0 Å².